The minimum absolute atomic E-state index is 0.0254. The van der Waals surface area contributed by atoms with Crippen LogP contribution in [0.1, 0.15) is 42.4 Å². The average molecular weight is 480 g/mol. The first kappa shape index (κ1) is 23.7. The van der Waals surface area contributed by atoms with Gasteiger partial charge in [0.25, 0.3) is 17.7 Å². The van der Waals surface area contributed by atoms with Crippen LogP contribution in [0.4, 0.5) is 4.39 Å². The Kier molecular flexibility index (Phi) is 6.63. The van der Waals surface area contributed by atoms with Crippen molar-refractivity contribution in [2.45, 2.75) is 13.1 Å². The molecule has 0 saturated carbocycles. The van der Waals surface area contributed by atoms with Crippen molar-refractivity contribution in [3.63, 3.8) is 0 Å². The number of halogens is 1. The van der Waals surface area contributed by atoms with Crippen molar-refractivity contribution in [3.8, 4) is 5.75 Å². The van der Waals surface area contributed by atoms with Gasteiger partial charge >= 0.3 is 5.97 Å². The molecule has 4 rings (SSSR count). The average Bonchev–Trinajstić information content (AvgIpc) is 3.45. The number of furan rings is 1. The summed E-state index contributed by atoms with van der Waals surface area (Å²) in [6.45, 7) is -0.487. The molecular formula is C25H21FN2O7. The van der Waals surface area contributed by atoms with E-state index >= 15 is 0 Å². The molecule has 0 saturated heterocycles. The first-order valence-corrected chi connectivity index (χ1v) is 10.5. The van der Waals surface area contributed by atoms with E-state index in [2.05, 4.69) is 0 Å². The number of hydrogen-bond acceptors (Lipinski definition) is 7. The molecule has 1 aliphatic heterocycles. The Balaban J connectivity index is 1.36. The fourth-order valence-electron chi connectivity index (χ4n) is 3.61. The third kappa shape index (κ3) is 4.91. The largest absolute Gasteiger partial charge is 0.494 e. The van der Waals surface area contributed by atoms with Crippen LogP contribution in [-0.2, 0) is 22.6 Å². The molecule has 3 amide bonds. The predicted molar refractivity (Wildman–Crippen MR) is 119 cm³/mol. The number of carbonyl (C=O) groups is 4. The van der Waals surface area contributed by atoms with Crippen LogP contribution in [0, 0.1) is 5.82 Å². The highest BCUT2D eigenvalue weighted by Gasteiger charge is 2.36. The molecule has 180 valence electrons. The van der Waals surface area contributed by atoms with E-state index in [0.717, 1.165) is 4.90 Å². The summed E-state index contributed by atoms with van der Waals surface area (Å²) in [5.74, 6) is -2.40. The number of fused-ring (bicyclic) bond motifs is 1. The van der Waals surface area contributed by atoms with Crippen molar-refractivity contribution in [1.29, 1.82) is 0 Å². The lowest BCUT2D eigenvalue weighted by Crippen LogP contribution is -2.30. The van der Waals surface area contributed by atoms with Crippen LogP contribution in [-0.4, -0.2) is 54.3 Å². The number of amides is 3. The third-order valence-corrected chi connectivity index (χ3v) is 5.49. The number of nitrogens with zero attached hydrogens (tertiary/aromatic N) is 2. The molecule has 9 nitrogen and oxygen atoms in total. The maximum Gasteiger partial charge on any atom is 0.338 e. The number of carbonyl (C=O) groups excluding carboxylic acids is 4. The zero-order valence-corrected chi connectivity index (χ0v) is 18.9. The summed E-state index contributed by atoms with van der Waals surface area (Å²) in [4.78, 5) is 52.5. The van der Waals surface area contributed by atoms with Gasteiger partial charge in [0.2, 0.25) is 0 Å². The number of methoxy groups -OCH3 is 1. The second kappa shape index (κ2) is 9.80. The molecule has 0 fully saturated rings. The van der Waals surface area contributed by atoms with Gasteiger partial charge in [-0.25, -0.2) is 9.18 Å². The smallest absolute Gasteiger partial charge is 0.338 e. The highest BCUT2D eigenvalue weighted by atomic mass is 19.1. The van der Waals surface area contributed by atoms with Crippen LogP contribution in [0.15, 0.2) is 59.2 Å². The first-order chi connectivity index (χ1) is 16.8. The third-order valence-electron chi connectivity index (χ3n) is 5.49. The van der Waals surface area contributed by atoms with Gasteiger partial charge in [-0.1, -0.05) is 6.07 Å². The van der Waals surface area contributed by atoms with Gasteiger partial charge in [-0.3, -0.25) is 19.3 Å². The fraction of sp³-hybridized carbons (Fsp3) is 0.200. The zero-order valence-electron chi connectivity index (χ0n) is 18.9. The van der Waals surface area contributed by atoms with Crippen LogP contribution in [0.25, 0.3) is 0 Å². The van der Waals surface area contributed by atoms with Gasteiger partial charge in [0, 0.05) is 13.6 Å². The van der Waals surface area contributed by atoms with E-state index in [0.29, 0.717) is 11.3 Å². The van der Waals surface area contributed by atoms with Gasteiger partial charge in [0.15, 0.2) is 18.2 Å². The van der Waals surface area contributed by atoms with Crippen LogP contribution in [0.3, 0.4) is 0 Å². The minimum Gasteiger partial charge on any atom is -0.494 e. The van der Waals surface area contributed by atoms with E-state index in [1.54, 1.807) is 18.2 Å². The standard InChI is InChI=1S/C25H21FN2O7/c1-27(12-15-5-8-21(33-2)20(26)10-15)22(29)14-35-25(32)16-6-7-18-19(11-16)24(31)28(23(18)30)13-17-4-3-9-34-17/h3-11H,12-14H2,1-2H3. The summed E-state index contributed by atoms with van der Waals surface area (Å²) >= 11 is 0. The topological polar surface area (TPSA) is 106 Å². The molecule has 0 unspecified atom stereocenters. The number of imide groups is 1. The molecule has 0 spiro atoms. The molecule has 0 bridgehead atoms. The summed E-state index contributed by atoms with van der Waals surface area (Å²) in [5.41, 5.74) is 0.797. The number of likely N-dealkylation sites (N-methyl/N-ethyl adjacent to an activating group) is 1. The van der Waals surface area contributed by atoms with E-state index in [9.17, 15) is 23.6 Å². The van der Waals surface area contributed by atoms with Crippen LogP contribution >= 0.6 is 0 Å². The second-order valence-electron chi connectivity index (χ2n) is 7.83. The number of benzene rings is 2. The van der Waals surface area contributed by atoms with Crippen molar-refractivity contribution in [3.05, 3.63) is 88.6 Å². The van der Waals surface area contributed by atoms with Gasteiger partial charge in [-0.15, -0.1) is 0 Å². The highest BCUT2D eigenvalue weighted by molar-refractivity contribution is 6.21. The zero-order chi connectivity index (χ0) is 25.1. The quantitative estimate of drug-likeness (QED) is 0.360. The Labute approximate surface area is 199 Å². The Morgan fingerprint density at radius 2 is 1.83 bits per heavy atom. The molecule has 0 atom stereocenters. The van der Waals surface area contributed by atoms with Crippen molar-refractivity contribution in [1.82, 2.24) is 9.80 Å². The Bertz CT molecular complexity index is 1300. The molecule has 0 radical (unpaired) electrons. The molecule has 1 aliphatic rings. The summed E-state index contributed by atoms with van der Waals surface area (Å²) in [6.07, 6.45) is 1.44. The van der Waals surface area contributed by atoms with E-state index < -0.39 is 36.1 Å². The molecule has 1 aromatic heterocycles. The Hall–Kier alpha value is -4.47. The predicted octanol–water partition coefficient (Wildman–Crippen LogP) is 3.04. The molecule has 2 heterocycles. The Morgan fingerprint density at radius 3 is 2.51 bits per heavy atom. The molecule has 10 heteroatoms. The van der Waals surface area contributed by atoms with Gasteiger partial charge < -0.3 is 18.8 Å². The van der Waals surface area contributed by atoms with E-state index in [4.69, 9.17) is 13.9 Å². The normalized spacial score (nSPS) is 12.5. The SMILES string of the molecule is COc1ccc(CN(C)C(=O)COC(=O)c2ccc3c(c2)C(=O)N(Cc2ccco2)C3=O)cc1F. The highest BCUT2D eigenvalue weighted by Crippen LogP contribution is 2.26. The summed E-state index contributed by atoms with van der Waals surface area (Å²) in [7, 11) is 2.85. The molecule has 2 aromatic carbocycles. The van der Waals surface area contributed by atoms with Crippen molar-refractivity contribution in [2.75, 3.05) is 20.8 Å². The number of rotatable bonds is 8. The van der Waals surface area contributed by atoms with Gasteiger partial charge in [0.05, 0.1) is 36.6 Å². The van der Waals surface area contributed by atoms with Crippen molar-refractivity contribution >= 4 is 23.7 Å². The molecule has 0 N–H and O–H groups in total. The van der Waals surface area contributed by atoms with Gasteiger partial charge in [-0.2, -0.15) is 0 Å². The van der Waals surface area contributed by atoms with E-state index in [1.807, 2.05) is 0 Å². The molecule has 3 aromatic rings. The van der Waals surface area contributed by atoms with E-state index in [-0.39, 0.29) is 35.5 Å². The van der Waals surface area contributed by atoms with Crippen LogP contribution in [0.2, 0.25) is 0 Å². The summed E-state index contributed by atoms with van der Waals surface area (Å²) < 4.78 is 29.0. The van der Waals surface area contributed by atoms with Gasteiger partial charge in [-0.05, 0) is 48.0 Å². The van der Waals surface area contributed by atoms with Crippen molar-refractivity contribution in [2.24, 2.45) is 0 Å². The monoisotopic (exact) mass is 480 g/mol. The maximum absolute atomic E-state index is 13.9. The molecule has 0 aliphatic carbocycles. The first-order valence-electron chi connectivity index (χ1n) is 10.5. The van der Waals surface area contributed by atoms with E-state index in [1.165, 1.54) is 55.7 Å². The summed E-state index contributed by atoms with van der Waals surface area (Å²) in [5, 5.41) is 0. The number of ether oxygens (including phenoxy) is 2. The van der Waals surface area contributed by atoms with Crippen LogP contribution < -0.4 is 4.74 Å². The number of esters is 1. The van der Waals surface area contributed by atoms with Gasteiger partial charge in [0.1, 0.15) is 5.76 Å². The minimum atomic E-state index is -0.824. The fourth-order valence-corrected chi connectivity index (χ4v) is 3.61. The maximum atomic E-state index is 13.9. The lowest BCUT2D eigenvalue weighted by atomic mass is 10.1. The number of hydrogen-bond donors (Lipinski definition) is 0. The lowest BCUT2D eigenvalue weighted by Gasteiger charge is -2.17. The second-order valence-corrected chi connectivity index (χ2v) is 7.83. The summed E-state index contributed by atoms with van der Waals surface area (Å²) in [6, 6.07) is 11.6. The Morgan fingerprint density at radius 1 is 1.06 bits per heavy atom. The molecular weight excluding hydrogens is 459 g/mol. The molecule has 35 heavy (non-hydrogen) atoms. The van der Waals surface area contributed by atoms with Crippen molar-refractivity contribution < 1.29 is 37.5 Å². The van der Waals surface area contributed by atoms with Crippen LogP contribution in [0.5, 0.6) is 5.75 Å². The lowest BCUT2D eigenvalue weighted by molar-refractivity contribution is -0.133.